The van der Waals surface area contributed by atoms with Crippen LogP contribution in [0.4, 0.5) is 4.39 Å². The summed E-state index contributed by atoms with van der Waals surface area (Å²) in [6.45, 7) is 3.67. The average Bonchev–Trinajstić information content (AvgIpc) is 2.29. The number of nitrogens with zero attached hydrogens (tertiary/aromatic N) is 2. The monoisotopic (exact) mass is 158 g/mol. The summed E-state index contributed by atoms with van der Waals surface area (Å²) in [7, 11) is 2.13. The largest absolute Gasteiger partial charge is 0.305 e. The summed E-state index contributed by atoms with van der Waals surface area (Å²) in [6, 6.07) is 0.645. The third kappa shape index (κ3) is 1.40. The van der Waals surface area contributed by atoms with E-state index in [2.05, 4.69) is 16.8 Å². The molecule has 11 heavy (non-hydrogen) atoms. The van der Waals surface area contributed by atoms with Crippen molar-refractivity contribution in [3.8, 4) is 0 Å². The minimum absolute atomic E-state index is 0.541. The van der Waals surface area contributed by atoms with E-state index >= 15 is 0 Å². The fraction of sp³-hybridized carbons (Fsp3) is 1.00. The fourth-order valence-corrected chi connectivity index (χ4v) is 1.96. The van der Waals surface area contributed by atoms with Crippen molar-refractivity contribution in [2.45, 2.75) is 18.6 Å². The van der Waals surface area contributed by atoms with E-state index in [4.69, 9.17) is 0 Å². The lowest BCUT2D eigenvalue weighted by Crippen LogP contribution is -2.54. The molecule has 2 aliphatic heterocycles. The molecule has 0 N–H and O–H groups in total. The van der Waals surface area contributed by atoms with Crippen LogP contribution in [0.5, 0.6) is 0 Å². The Hall–Kier alpha value is -0.150. The Morgan fingerprint density at radius 1 is 1.27 bits per heavy atom. The number of alkyl halides is 1. The van der Waals surface area contributed by atoms with Crippen molar-refractivity contribution in [1.82, 2.24) is 9.80 Å². The predicted molar refractivity (Wildman–Crippen MR) is 42.4 cm³/mol. The molecule has 0 amide bonds. The van der Waals surface area contributed by atoms with Crippen LogP contribution < -0.4 is 0 Å². The molecule has 1 unspecified atom stereocenters. The van der Waals surface area contributed by atoms with Gasteiger partial charge in [-0.2, -0.15) is 0 Å². The molecule has 2 saturated heterocycles. The molecule has 2 fully saturated rings. The summed E-state index contributed by atoms with van der Waals surface area (Å²) in [6.07, 6.45) is 0.685. The number of hydrogen-bond donors (Lipinski definition) is 0. The first kappa shape index (κ1) is 7.50. The predicted octanol–water partition coefficient (Wildman–Crippen LogP) is 0.344. The zero-order chi connectivity index (χ0) is 7.84. The van der Waals surface area contributed by atoms with Crippen LogP contribution in [0.25, 0.3) is 0 Å². The number of hydrogen-bond acceptors (Lipinski definition) is 2. The topological polar surface area (TPSA) is 6.48 Å². The summed E-state index contributed by atoms with van der Waals surface area (Å²) in [5.41, 5.74) is 0. The van der Waals surface area contributed by atoms with Crippen LogP contribution in [-0.2, 0) is 0 Å². The first-order chi connectivity index (χ1) is 5.25. The molecule has 0 aromatic heterocycles. The minimum Gasteiger partial charge on any atom is -0.305 e. The van der Waals surface area contributed by atoms with Crippen molar-refractivity contribution in [2.24, 2.45) is 0 Å². The van der Waals surface area contributed by atoms with Gasteiger partial charge < -0.3 is 4.90 Å². The van der Waals surface area contributed by atoms with E-state index in [0.29, 0.717) is 19.1 Å². The van der Waals surface area contributed by atoms with Gasteiger partial charge in [0.2, 0.25) is 0 Å². The maximum atomic E-state index is 12.5. The lowest BCUT2D eigenvalue weighted by Gasteiger charge is -2.38. The average molecular weight is 158 g/mol. The van der Waals surface area contributed by atoms with Crippen LogP contribution in [0.2, 0.25) is 0 Å². The summed E-state index contributed by atoms with van der Waals surface area (Å²) >= 11 is 0. The van der Waals surface area contributed by atoms with E-state index in [1.807, 2.05) is 0 Å². The lowest BCUT2D eigenvalue weighted by atomic mass is 10.1. The molecule has 2 aliphatic rings. The van der Waals surface area contributed by atoms with Crippen molar-refractivity contribution >= 4 is 0 Å². The van der Waals surface area contributed by atoms with Gasteiger partial charge in [0.15, 0.2) is 0 Å². The Balaban J connectivity index is 1.79. The number of halogens is 1. The van der Waals surface area contributed by atoms with Crippen molar-refractivity contribution in [3.63, 3.8) is 0 Å². The number of likely N-dealkylation sites (tertiary alicyclic amines) is 2. The van der Waals surface area contributed by atoms with Gasteiger partial charge in [-0.05, 0) is 20.0 Å². The van der Waals surface area contributed by atoms with Gasteiger partial charge in [-0.3, -0.25) is 4.90 Å². The molecule has 0 spiro atoms. The van der Waals surface area contributed by atoms with Gasteiger partial charge in [0, 0.05) is 25.7 Å². The van der Waals surface area contributed by atoms with Crippen LogP contribution in [-0.4, -0.2) is 55.2 Å². The smallest absolute Gasteiger partial charge is 0.125 e. The molecule has 2 heterocycles. The quantitative estimate of drug-likeness (QED) is 0.543. The van der Waals surface area contributed by atoms with Crippen LogP contribution >= 0.6 is 0 Å². The van der Waals surface area contributed by atoms with Crippen LogP contribution in [0, 0.1) is 0 Å². The summed E-state index contributed by atoms with van der Waals surface area (Å²) in [5.74, 6) is 0. The normalized spacial score (nSPS) is 36.0. The first-order valence-corrected chi connectivity index (χ1v) is 4.32. The zero-order valence-corrected chi connectivity index (χ0v) is 6.96. The van der Waals surface area contributed by atoms with Crippen LogP contribution in [0.1, 0.15) is 6.42 Å². The third-order valence-electron chi connectivity index (χ3n) is 2.75. The summed E-state index contributed by atoms with van der Waals surface area (Å²) in [5, 5.41) is 0. The molecule has 0 aromatic carbocycles. The van der Waals surface area contributed by atoms with E-state index in [0.717, 1.165) is 6.54 Å². The Labute approximate surface area is 67.0 Å². The minimum atomic E-state index is -0.541. The second-order valence-corrected chi connectivity index (χ2v) is 3.76. The van der Waals surface area contributed by atoms with E-state index in [-0.39, 0.29) is 0 Å². The van der Waals surface area contributed by atoms with Gasteiger partial charge in [-0.1, -0.05) is 0 Å². The van der Waals surface area contributed by atoms with Crippen LogP contribution in [0.15, 0.2) is 0 Å². The maximum absolute atomic E-state index is 12.5. The lowest BCUT2D eigenvalue weighted by molar-refractivity contribution is 0.0312. The second kappa shape index (κ2) is 2.72. The standard InChI is InChI=1S/C8H15FN2/c1-10-3-2-8(6-10)11-4-7(9)5-11/h7-8H,2-6H2,1H3. The molecule has 0 saturated carbocycles. The Bertz CT molecular complexity index is 145. The van der Waals surface area contributed by atoms with Crippen molar-refractivity contribution in [3.05, 3.63) is 0 Å². The third-order valence-corrected chi connectivity index (χ3v) is 2.75. The summed E-state index contributed by atoms with van der Waals surface area (Å²) in [4.78, 5) is 4.57. The highest BCUT2D eigenvalue weighted by Crippen LogP contribution is 2.21. The second-order valence-electron chi connectivity index (χ2n) is 3.76. The van der Waals surface area contributed by atoms with E-state index < -0.39 is 6.17 Å². The maximum Gasteiger partial charge on any atom is 0.125 e. The molecule has 2 nitrogen and oxygen atoms in total. The van der Waals surface area contributed by atoms with Gasteiger partial charge in [0.05, 0.1) is 0 Å². The van der Waals surface area contributed by atoms with Crippen LogP contribution in [0.3, 0.4) is 0 Å². The SMILES string of the molecule is CN1CCC(N2CC(F)C2)C1. The fourth-order valence-electron chi connectivity index (χ4n) is 1.96. The van der Waals surface area contributed by atoms with E-state index in [1.165, 1.54) is 13.0 Å². The molecular weight excluding hydrogens is 143 g/mol. The molecule has 2 rings (SSSR count). The summed E-state index contributed by atoms with van der Waals surface area (Å²) < 4.78 is 12.5. The van der Waals surface area contributed by atoms with Crippen molar-refractivity contribution in [1.29, 1.82) is 0 Å². The molecule has 0 aliphatic carbocycles. The Morgan fingerprint density at radius 2 is 2.00 bits per heavy atom. The Morgan fingerprint density at radius 3 is 2.45 bits per heavy atom. The van der Waals surface area contributed by atoms with Crippen molar-refractivity contribution < 1.29 is 4.39 Å². The molecule has 3 heteroatoms. The highest BCUT2D eigenvalue weighted by Gasteiger charge is 2.34. The van der Waals surface area contributed by atoms with E-state index in [1.54, 1.807) is 0 Å². The van der Waals surface area contributed by atoms with Gasteiger partial charge in [-0.15, -0.1) is 0 Å². The van der Waals surface area contributed by atoms with Gasteiger partial charge in [-0.25, -0.2) is 4.39 Å². The number of rotatable bonds is 1. The van der Waals surface area contributed by atoms with E-state index in [9.17, 15) is 4.39 Å². The van der Waals surface area contributed by atoms with Gasteiger partial charge in [0.25, 0.3) is 0 Å². The molecular formula is C8H15FN2. The molecule has 1 atom stereocenters. The molecule has 0 aromatic rings. The molecule has 64 valence electrons. The van der Waals surface area contributed by atoms with Crippen molar-refractivity contribution in [2.75, 3.05) is 33.2 Å². The number of likely N-dealkylation sites (N-methyl/N-ethyl adjacent to an activating group) is 1. The highest BCUT2D eigenvalue weighted by molar-refractivity contribution is 4.89. The van der Waals surface area contributed by atoms with Gasteiger partial charge in [0.1, 0.15) is 6.17 Å². The zero-order valence-electron chi connectivity index (χ0n) is 6.96. The molecule has 0 bridgehead atoms. The first-order valence-electron chi connectivity index (χ1n) is 4.32. The highest BCUT2D eigenvalue weighted by atomic mass is 19.1. The van der Waals surface area contributed by atoms with Gasteiger partial charge >= 0.3 is 0 Å². The molecule has 0 radical (unpaired) electrons. The Kier molecular flexibility index (Phi) is 1.85.